The molecule has 0 spiro atoms. The summed E-state index contributed by atoms with van der Waals surface area (Å²) in [5.74, 6) is 0.928. The molecule has 0 radical (unpaired) electrons. The van der Waals surface area contributed by atoms with E-state index in [1.54, 1.807) is 0 Å². The lowest BCUT2D eigenvalue weighted by molar-refractivity contribution is 0.165. The van der Waals surface area contributed by atoms with Crippen molar-refractivity contribution in [3.63, 3.8) is 0 Å². The van der Waals surface area contributed by atoms with Gasteiger partial charge in [-0.1, -0.05) is 6.07 Å². The van der Waals surface area contributed by atoms with Crippen LogP contribution < -0.4 is 5.32 Å². The third kappa shape index (κ3) is 4.18. The first-order chi connectivity index (χ1) is 9.42. The van der Waals surface area contributed by atoms with E-state index in [2.05, 4.69) is 21.3 Å². The second-order valence-corrected chi connectivity index (χ2v) is 5.99. The maximum absolute atomic E-state index is 4.19. The lowest BCUT2D eigenvalue weighted by Gasteiger charge is -2.34. The number of hydrogen-bond donors (Lipinski definition) is 1. The van der Waals surface area contributed by atoms with Crippen molar-refractivity contribution in [1.82, 2.24) is 15.2 Å². The topological polar surface area (TPSA) is 28.2 Å². The molecule has 1 aromatic heterocycles. The molecule has 3 nitrogen and oxygen atoms in total. The quantitative estimate of drug-likeness (QED) is 0.925. The van der Waals surface area contributed by atoms with Gasteiger partial charge in [-0.2, -0.15) is 0 Å². The number of aromatic nitrogens is 1. The molecule has 2 saturated heterocycles. The second-order valence-electron chi connectivity index (χ2n) is 5.99. The molecule has 4 heteroatoms. The smallest absolute Gasteiger partial charge is 0.0300 e. The number of nitrogens with zero attached hydrogens (tertiary/aromatic N) is 2. The van der Waals surface area contributed by atoms with Gasteiger partial charge in [0.15, 0.2) is 0 Å². The fourth-order valence-electron chi connectivity index (χ4n) is 3.53. The van der Waals surface area contributed by atoms with Crippen LogP contribution in [0.2, 0.25) is 0 Å². The number of piperidine rings is 1. The molecule has 1 unspecified atom stereocenters. The third-order valence-corrected chi connectivity index (χ3v) is 4.74. The van der Waals surface area contributed by atoms with E-state index in [1.807, 2.05) is 18.5 Å². The van der Waals surface area contributed by atoms with E-state index in [-0.39, 0.29) is 12.4 Å². The molecule has 1 N–H and O–H groups in total. The molecule has 20 heavy (non-hydrogen) atoms. The number of nitrogens with one attached hydrogen (secondary N) is 1. The van der Waals surface area contributed by atoms with Gasteiger partial charge in [-0.05, 0) is 69.3 Å². The minimum absolute atomic E-state index is 0. The Bertz CT molecular complexity index is 371. The normalized spacial score (nSPS) is 24.5. The minimum Gasteiger partial charge on any atom is -0.314 e. The summed E-state index contributed by atoms with van der Waals surface area (Å²) in [6.07, 6.45) is 10.5. The molecule has 0 amide bonds. The number of hydrogen-bond acceptors (Lipinski definition) is 3. The van der Waals surface area contributed by atoms with Crippen LogP contribution in [0.4, 0.5) is 0 Å². The summed E-state index contributed by atoms with van der Waals surface area (Å²) in [5, 5.41) is 3.67. The van der Waals surface area contributed by atoms with Crippen LogP contribution in [-0.2, 0) is 6.42 Å². The standard InChI is InChI=1S/C16H25N3.ClH/c1-3-14(13-17-8-1)5-10-19-11-6-15(7-12-19)16-4-2-9-18-16;/h1,3,8,13,15-16,18H,2,4-7,9-12H2;1H. The van der Waals surface area contributed by atoms with Gasteiger partial charge < -0.3 is 10.2 Å². The molecule has 1 atom stereocenters. The highest BCUT2D eigenvalue weighted by Gasteiger charge is 2.27. The van der Waals surface area contributed by atoms with Gasteiger partial charge in [-0.3, -0.25) is 4.98 Å². The predicted molar refractivity (Wildman–Crippen MR) is 85.4 cm³/mol. The molecule has 0 aliphatic carbocycles. The summed E-state index contributed by atoms with van der Waals surface area (Å²) in [4.78, 5) is 6.81. The van der Waals surface area contributed by atoms with Gasteiger partial charge in [0.05, 0.1) is 0 Å². The van der Waals surface area contributed by atoms with E-state index in [1.165, 1.54) is 57.4 Å². The molecule has 2 aliphatic heterocycles. The Morgan fingerprint density at radius 1 is 1.25 bits per heavy atom. The zero-order chi connectivity index (χ0) is 12.9. The van der Waals surface area contributed by atoms with Crippen LogP contribution in [0.5, 0.6) is 0 Å². The maximum Gasteiger partial charge on any atom is 0.0300 e. The van der Waals surface area contributed by atoms with Crippen LogP contribution in [-0.4, -0.2) is 42.1 Å². The Hall–Kier alpha value is -0.640. The summed E-state index contributed by atoms with van der Waals surface area (Å²) < 4.78 is 0. The van der Waals surface area contributed by atoms with E-state index in [9.17, 15) is 0 Å². The summed E-state index contributed by atoms with van der Waals surface area (Å²) >= 11 is 0. The third-order valence-electron chi connectivity index (χ3n) is 4.74. The van der Waals surface area contributed by atoms with Gasteiger partial charge in [0.25, 0.3) is 0 Å². The van der Waals surface area contributed by atoms with Crippen LogP contribution in [0.15, 0.2) is 24.5 Å². The van der Waals surface area contributed by atoms with Gasteiger partial charge in [0, 0.05) is 25.0 Å². The van der Waals surface area contributed by atoms with Crippen molar-refractivity contribution in [2.75, 3.05) is 26.2 Å². The average molecular weight is 296 g/mol. The van der Waals surface area contributed by atoms with Crippen molar-refractivity contribution in [3.8, 4) is 0 Å². The van der Waals surface area contributed by atoms with E-state index >= 15 is 0 Å². The molecular weight excluding hydrogens is 270 g/mol. The van der Waals surface area contributed by atoms with E-state index < -0.39 is 0 Å². The van der Waals surface area contributed by atoms with Crippen LogP contribution >= 0.6 is 12.4 Å². The van der Waals surface area contributed by atoms with Gasteiger partial charge in [-0.15, -0.1) is 12.4 Å². The monoisotopic (exact) mass is 295 g/mol. The minimum atomic E-state index is 0. The molecule has 3 rings (SSSR count). The SMILES string of the molecule is Cl.c1cncc(CCN2CCC(C3CCCN3)CC2)c1. The fraction of sp³-hybridized carbons (Fsp3) is 0.688. The first-order valence-corrected chi connectivity index (χ1v) is 7.76. The molecule has 3 heterocycles. The van der Waals surface area contributed by atoms with Gasteiger partial charge >= 0.3 is 0 Å². The Morgan fingerprint density at radius 3 is 2.75 bits per heavy atom. The van der Waals surface area contributed by atoms with Crippen LogP contribution in [0.25, 0.3) is 0 Å². The summed E-state index contributed by atoms with van der Waals surface area (Å²) in [6, 6.07) is 5.04. The van der Waals surface area contributed by atoms with Crippen LogP contribution in [0.3, 0.4) is 0 Å². The van der Waals surface area contributed by atoms with Crippen molar-refractivity contribution in [2.45, 2.75) is 38.1 Å². The molecule has 2 fully saturated rings. The molecule has 0 saturated carbocycles. The molecule has 112 valence electrons. The van der Waals surface area contributed by atoms with Gasteiger partial charge in [-0.25, -0.2) is 0 Å². The lowest BCUT2D eigenvalue weighted by atomic mass is 9.88. The number of pyridine rings is 1. The maximum atomic E-state index is 4.19. The first-order valence-electron chi connectivity index (χ1n) is 7.76. The zero-order valence-corrected chi connectivity index (χ0v) is 12.9. The van der Waals surface area contributed by atoms with Crippen molar-refractivity contribution in [2.24, 2.45) is 5.92 Å². The first kappa shape index (κ1) is 15.7. The van der Waals surface area contributed by atoms with Crippen molar-refractivity contribution in [1.29, 1.82) is 0 Å². The van der Waals surface area contributed by atoms with Crippen molar-refractivity contribution >= 4 is 12.4 Å². The molecule has 2 aliphatic rings. The largest absolute Gasteiger partial charge is 0.314 e. The summed E-state index contributed by atoms with van der Waals surface area (Å²) in [6.45, 7) is 4.99. The van der Waals surface area contributed by atoms with Crippen LogP contribution in [0.1, 0.15) is 31.2 Å². The van der Waals surface area contributed by atoms with Gasteiger partial charge in [0.1, 0.15) is 0 Å². The number of halogens is 1. The Kier molecular flexibility index (Phi) is 6.27. The highest BCUT2D eigenvalue weighted by Crippen LogP contribution is 2.25. The lowest BCUT2D eigenvalue weighted by Crippen LogP contribution is -2.41. The predicted octanol–water partition coefficient (Wildman–Crippen LogP) is 2.51. The second kappa shape index (κ2) is 7.96. The van der Waals surface area contributed by atoms with Gasteiger partial charge in [0.2, 0.25) is 0 Å². The number of likely N-dealkylation sites (tertiary alicyclic amines) is 1. The molecule has 0 aromatic carbocycles. The van der Waals surface area contributed by atoms with Crippen LogP contribution in [0, 0.1) is 5.92 Å². The average Bonchev–Trinajstić information content (AvgIpc) is 3.01. The zero-order valence-electron chi connectivity index (χ0n) is 12.1. The van der Waals surface area contributed by atoms with E-state index in [4.69, 9.17) is 0 Å². The Labute approximate surface area is 128 Å². The van der Waals surface area contributed by atoms with E-state index in [0.717, 1.165) is 18.4 Å². The summed E-state index contributed by atoms with van der Waals surface area (Å²) in [5.41, 5.74) is 1.36. The fourth-order valence-corrected chi connectivity index (χ4v) is 3.53. The van der Waals surface area contributed by atoms with Crippen molar-refractivity contribution < 1.29 is 0 Å². The summed E-state index contributed by atoms with van der Waals surface area (Å²) in [7, 11) is 0. The molecule has 0 bridgehead atoms. The molecule has 1 aromatic rings. The highest BCUT2D eigenvalue weighted by atomic mass is 35.5. The van der Waals surface area contributed by atoms with E-state index in [0.29, 0.717) is 0 Å². The number of rotatable bonds is 4. The molecular formula is C16H26ClN3. The Balaban J connectivity index is 0.00000147. The Morgan fingerprint density at radius 2 is 2.10 bits per heavy atom. The van der Waals surface area contributed by atoms with Crippen molar-refractivity contribution in [3.05, 3.63) is 30.1 Å². The highest BCUT2D eigenvalue weighted by molar-refractivity contribution is 5.85.